The second kappa shape index (κ2) is 4.53. The van der Waals surface area contributed by atoms with E-state index in [-0.39, 0.29) is 6.04 Å². The van der Waals surface area contributed by atoms with Crippen LogP contribution < -0.4 is 15.2 Å². The van der Waals surface area contributed by atoms with Crippen LogP contribution >= 0.6 is 0 Å². The summed E-state index contributed by atoms with van der Waals surface area (Å²) < 4.78 is 25.1. The molecule has 0 saturated heterocycles. The van der Waals surface area contributed by atoms with Crippen LogP contribution in [0.15, 0.2) is 18.2 Å². The van der Waals surface area contributed by atoms with E-state index in [9.17, 15) is 4.39 Å². The van der Waals surface area contributed by atoms with Crippen molar-refractivity contribution in [2.45, 2.75) is 31.0 Å². The molecule has 0 aromatic heterocycles. The summed E-state index contributed by atoms with van der Waals surface area (Å²) in [5, 5.41) is 0. The molecule has 2 rings (SSSR count). The maximum atomic E-state index is 14.8. The summed E-state index contributed by atoms with van der Waals surface area (Å²) in [4.78, 5) is 0. The van der Waals surface area contributed by atoms with Crippen LogP contribution in [-0.2, 0) is 5.67 Å². The first-order chi connectivity index (χ1) is 8.09. The van der Waals surface area contributed by atoms with Gasteiger partial charge in [0.05, 0.1) is 14.2 Å². The van der Waals surface area contributed by atoms with Crippen LogP contribution in [0.3, 0.4) is 0 Å². The zero-order chi connectivity index (χ0) is 12.5. The van der Waals surface area contributed by atoms with E-state index in [4.69, 9.17) is 15.2 Å². The summed E-state index contributed by atoms with van der Waals surface area (Å²) in [5.74, 6) is 1.19. The van der Waals surface area contributed by atoms with Crippen molar-refractivity contribution in [3.05, 3.63) is 23.8 Å². The zero-order valence-electron chi connectivity index (χ0n) is 10.2. The Morgan fingerprint density at radius 2 is 2.12 bits per heavy atom. The van der Waals surface area contributed by atoms with Crippen molar-refractivity contribution in [2.24, 2.45) is 5.73 Å². The minimum atomic E-state index is -1.36. The van der Waals surface area contributed by atoms with Gasteiger partial charge in [0.15, 0.2) is 0 Å². The molecule has 4 heteroatoms. The smallest absolute Gasteiger partial charge is 0.141 e. The van der Waals surface area contributed by atoms with Crippen LogP contribution in [0, 0.1) is 0 Å². The highest BCUT2D eigenvalue weighted by molar-refractivity contribution is 5.44. The predicted octanol–water partition coefficient (Wildman–Crippen LogP) is 2.38. The van der Waals surface area contributed by atoms with Crippen LogP contribution in [0.1, 0.15) is 24.8 Å². The van der Waals surface area contributed by atoms with Gasteiger partial charge in [0.2, 0.25) is 0 Å². The van der Waals surface area contributed by atoms with Crippen LogP contribution in [0.5, 0.6) is 11.5 Å². The van der Waals surface area contributed by atoms with Gasteiger partial charge in [0.25, 0.3) is 0 Å². The molecule has 0 radical (unpaired) electrons. The number of benzene rings is 1. The third-order valence-electron chi connectivity index (χ3n) is 3.39. The molecule has 1 saturated carbocycles. The molecule has 0 amide bonds. The Labute approximate surface area is 101 Å². The zero-order valence-corrected chi connectivity index (χ0v) is 10.2. The first-order valence-corrected chi connectivity index (χ1v) is 5.76. The highest BCUT2D eigenvalue weighted by atomic mass is 19.1. The number of nitrogens with two attached hydrogens (primary N) is 1. The van der Waals surface area contributed by atoms with Gasteiger partial charge in [-0.3, -0.25) is 0 Å². The number of ether oxygens (including phenoxy) is 2. The Balaban J connectivity index is 2.38. The van der Waals surface area contributed by atoms with E-state index >= 15 is 0 Å². The Kier molecular flexibility index (Phi) is 3.24. The van der Waals surface area contributed by atoms with E-state index in [1.54, 1.807) is 25.3 Å². The molecule has 94 valence electrons. The molecule has 3 nitrogen and oxygen atoms in total. The first kappa shape index (κ1) is 12.2. The molecule has 2 unspecified atom stereocenters. The second-order valence-electron chi connectivity index (χ2n) is 4.53. The lowest BCUT2D eigenvalue weighted by Gasteiger charge is -2.22. The lowest BCUT2D eigenvalue weighted by atomic mass is 9.93. The van der Waals surface area contributed by atoms with Crippen molar-refractivity contribution in [2.75, 3.05) is 14.2 Å². The maximum absolute atomic E-state index is 14.8. The molecule has 1 aromatic carbocycles. The van der Waals surface area contributed by atoms with Gasteiger partial charge >= 0.3 is 0 Å². The quantitative estimate of drug-likeness (QED) is 0.880. The van der Waals surface area contributed by atoms with Gasteiger partial charge in [-0.25, -0.2) is 4.39 Å². The summed E-state index contributed by atoms with van der Waals surface area (Å²) in [6, 6.07) is 5.13. The molecule has 1 fully saturated rings. The highest BCUT2D eigenvalue weighted by Gasteiger charge is 2.41. The van der Waals surface area contributed by atoms with Gasteiger partial charge in [-0.15, -0.1) is 0 Å². The van der Waals surface area contributed by atoms with Crippen LogP contribution in [-0.4, -0.2) is 20.3 Å². The van der Waals surface area contributed by atoms with Crippen LogP contribution in [0.2, 0.25) is 0 Å². The molecule has 2 atom stereocenters. The second-order valence-corrected chi connectivity index (χ2v) is 4.53. The highest BCUT2D eigenvalue weighted by Crippen LogP contribution is 2.46. The average Bonchev–Trinajstić information content (AvgIpc) is 2.69. The molecule has 0 bridgehead atoms. The lowest BCUT2D eigenvalue weighted by Crippen LogP contribution is -2.22. The topological polar surface area (TPSA) is 44.5 Å². The monoisotopic (exact) mass is 239 g/mol. The predicted molar refractivity (Wildman–Crippen MR) is 64.2 cm³/mol. The fourth-order valence-electron chi connectivity index (χ4n) is 2.45. The van der Waals surface area contributed by atoms with E-state index in [2.05, 4.69) is 0 Å². The van der Waals surface area contributed by atoms with Crippen molar-refractivity contribution in [1.29, 1.82) is 0 Å². The van der Waals surface area contributed by atoms with E-state index in [0.29, 0.717) is 36.3 Å². The lowest BCUT2D eigenvalue weighted by molar-refractivity contribution is 0.166. The van der Waals surface area contributed by atoms with Gasteiger partial charge in [-0.1, -0.05) is 0 Å². The molecule has 1 aliphatic carbocycles. The number of methoxy groups -OCH3 is 2. The van der Waals surface area contributed by atoms with Crippen molar-refractivity contribution < 1.29 is 13.9 Å². The van der Waals surface area contributed by atoms with Crippen LogP contribution in [0.4, 0.5) is 4.39 Å². The van der Waals surface area contributed by atoms with Crippen molar-refractivity contribution in [3.8, 4) is 11.5 Å². The SMILES string of the molecule is COc1ccc(C2(F)CCC(N)C2)c(OC)c1. The summed E-state index contributed by atoms with van der Waals surface area (Å²) in [6.45, 7) is 0. The Bertz CT molecular complexity index is 410. The van der Waals surface area contributed by atoms with Crippen molar-refractivity contribution >= 4 is 0 Å². The molecule has 2 N–H and O–H groups in total. The van der Waals surface area contributed by atoms with Gasteiger partial charge < -0.3 is 15.2 Å². The maximum Gasteiger partial charge on any atom is 0.141 e. The number of rotatable bonds is 3. The Morgan fingerprint density at radius 1 is 1.35 bits per heavy atom. The number of hydrogen-bond acceptors (Lipinski definition) is 3. The average molecular weight is 239 g/mol. The number of hydrogen-bond donors (Lipinski definition) is 1. The van der Waals surface area contributed by atoms with Gasteiger partial charge in [0, 0.05) is 24.1 Å². The molecule has 17 heavy (non-hydrogen) atoms. The summed E-state index contributed by atoms with van der Waals surface area (Å²) in [7, 11) is 3.11. The third kappa shape index (κ3) is 2.22. The standard InChI is InChI=1S/C13H18FNO2/c1-16-10-3-4-11(12(7-10)17-2)13(14)6-5-9(15)8-13/h3-4,7,9H,5-6,8,15H2,1-2H3. The molecule has 0 spiro atoms. The third-order valence-corrected chi connectivity index (χ3v) is 3.39. The Morgan fingerprint density at radius 3 is 2.65 bits per heavy atom. The number of halogens is 1. The summed E-state index contributed by atoms with van der Waals surface area (Å²) >= 11 is 0. The van der Waals surface area contributed by atoms with E-state index < -0.39 is 5.67 Å². The minimum absolute atomic E-state index is 0.0631. The molecule has 1 aromatic rings. The fourth-order valence-corrected chi connectivity index (χ4v) is 2.45. The largest absolute Gasteiger partial charge is 0.497 e. The van der Waals surface area contributed by atoms with E-state index in [1.165, 1.54) is 7.11 Å². The van der Waals surface area contributed by atoms with E-state index in [1.807, 2.05) is 0 Å². The van der Waals surface area contributed by atoms with E-state index in [0.717, 1.165) is 0 Å². The molecular formula is C13H18FNO2. The first-order valence-electron chi connectivity index (χ1n) is 5.76. The van der Waals surface area contributed by atoms with Crippen molar-refractivity contribution in [3.63, 3.8) is 0 Å². The molecular weight excluding hydrogens is 221 g/mol. The fraction of sp³-hybridized carbons (Fsp3) is 0.538. The van der Waals surface area contributed by atoms with Gasteiger partial charge in [0.1, 0.15) is 17.2 Å². The summed E-state index contributed by atoms with van der Waals surface area (Å²) in [5.41, 5.74) is 5.00. The molecule has 1 aliphatic rings. The van der Waals surface area contributed by atoms with Crippen LogP contribution in [0.25, 0.3) is 0 Å². The molecule has 0 heterocycles. The molecule has 0 aliphatic heterocycles. The Hall–Kier alpha value is -1.29. The minimum Gasteiger partial charge on any atom is -0.497 e. The van der Waals surface area contributed by atoms with Gasteiger partial charge in [-0.2, -0.15) is 0 Å². The summed E-state index contributed by atoms with van der Waals surface area (Å²) in [6.07, 6.45) is 1.53. The number of alkyl halides is 1. The van der Waals surface area contributed by atoms with Gasteiger partial charge in [-0.05, 0) is 25.0 Å². The normalized spacial score (nSPS) is 28.1. The van der Waals surface area contributed by atoms with Crippen molar-refractivity contribution in [1.82, 2.24) is 0 Å².